The Hall–Kier alpha value is -2.25. The lowest BCUT2D eigenvalue weighted by atomic mass is 10.1. The van der Waals surface area contributed by atoms with Gasteiger partial charge in [0.1, 0.15) is 11.8 Å². The molecule has 8 heteroatoms. The summed E-state index contributed by atoms with van der Waals surface area (Å²) in [5, 5.41) is 3.20. The second-order valence-corrected chi connectivity index (χ2v) is 8.90. The number of rotatable bonds is 7. The van der Waals surface area contributed by atoms with Crippen molar-refractivity contribution in [3.05, 3.63) is 52.5 Å². The standard InChI is InChI=1S/C20H25ClN2O4S/c1-6-17(20(24)22-16-11-13(2)7-8-14(16)3)23(28(5,25)26)18-12-15(21)9-10-19(18)27-4/h7-12,17H,6H2,1-5H3,(H,22,24)/t17-/m0/s1. The zero-order valence-electron chi connectivity index (χ0n) is 16.6. The zero-order chi connectivity index (χ0) is 21.1. The third-order valence-corrected chi connectivity index (χ3v) is 5.76. The number of halogens is 1. The molecular formula is C20H25ClN2O4S. The predicted octanol–water partition coefficient (Wildman–Crippen LogP) is 4.15. The summed E-state index contributed by atoms with van der Waals surface area (Å²) in [6, 6.07) is 9.39. The van der Waals surface area contributed by atoms with E-state index >= 15 is 0 Å². The Bertz CT molecular complexity index is 976. The smallest absolute Gasteiger partial charge is 0.248 e. The number of aryl methyl sites for hydroxylation is 2. The molecule has 1 amide bonds. The van der Waals surface area contributed by atoms with Gasteiger partial charge in [0.2, 0.25) is 15.9 Å². The van der Waals surface area contributed by atoms with Crippen molar-refractivity contribution in [3.63, 3.8) is 0 Å². The predicted molar refractivity (Wildman–Crippen MR) is 114 cm³/mol. The van der Waals surface area contributed by atoms with Crippen LogP contribution in [0.25, 0.3) is 0 Å². The van der Waals surface area contributed by atoms with Crippen LogP contribution in [0.1, 0.15) is 24.5 Å². The number of methoxy groups -OCH3 is 1. The van der Waals surface area contributed by atoms with E-state index in [0.29, 0.717) is 16.5 Å². The van der Waals surface area contributed by atoms with Crippen molar-refractivity contribution in [3.8, 4) is 5.75 Å². The highest BCUT2D eigenvalue weighted by Crippen LogP contribution is 2.35. The fraction of sp³-hybridized carbons (Fsp3) is 0.350. The van der Waals surface area contributed by atoms with E-state index in [-0.39, 0.29) is 12.1 Å². The number of nitrogens with zero attached hydrogens (tertiary/aromatic N) is 1. The number of amides is 1. The van der Waals surface area contributed by atoms with Gasteiger partial charge < -0.3 is 10.1 Å². The normalized spacial score (nSPS) is 12.4. The van der Waals surface area contributed by atoms with Crippen LogP contribution in [0.15, 0.2) is 36.4 Å². The van der Waals surface area contributed by atoms with Crippen molar-refractivity contribution >= 4 is 38.9 Å². The first-order chi connectivity index (χ1) is 13.1. The highest BCUT2D eigenvalue weighted by Gasteiger charge is 2.33. The lowest BCUT2D eigenvalue weighted by Crippen LogP contribution is -2.47. The molecule has 0 saturated carbocycles. The van der Waals surface area contributed by atoms with Gasteiger partial charge in [-0.25, -0.2) is 8.42 Å². The molecule has 2 aromatic rings. The number of anilines is 2. The van der Waals surface area contributed by atoms with Gasteiger partial charge in [-0.3, -0.25) is 9.10 Å². The molecule has 0 aromatic heterocycles. The van der Waals surface area contributed by atoms with Crippen molar-refractivity contribution in [1.82, 2.24) is 0 Å². The summed E-state index contributed by atoms with van der Waals surface area (Å²) >= 11 is 6.09. The number of benzene rings is 2. The minimum Gasteiger partial charge on any atom is -0.495 e. The van der Waals surface area contributed by atoms with Crippen LogP contribution in [-0.4, -0.2) is 33.7 Å². The molecule has 1 atom stereocenters. The van der Waals surface area contributed by atoms with Crippen LogP contribution in [0, 0.1) is 13.8 Å². The van der Waals surface area contributed by atoms with Gasteiger partial charge >= 0.3 is 0 Å². The van der Waals surface area contributed by atoms with E-state index in [9.17, 15) is 13.2 Å². The molecule has 0 aliphatic rings. The Morgan fingerprint density at radius 2 is 1.89 bits per heavy atom. The third kappa shape index (κ3) is 4.97. The molecule has 0 bridgehead atoms. The van der Waals surface area contributed by atoms with Crippen molar-refractivity contribution in [2.45, 2.75) is 33.2 Å². The second kappa shape index (κ2) is 8.84. The second-order valence-electron chi connectivity index (χ2n) is 6.61. The molecule has 0 spiro atoms. The Kier molecular flexibility index (Phi) is 6.96. The van der Waals surface area contributed by atoms with Crippen molar-refractivity contribution in [2.75, 3.05) is 23.0 Å². The van der Waals surface area contributed by atoms with Crippen LogP contribution in [-0.2, 0) is 14.8 Å². The summed E-state index contributed by atoms with van der Waals surface area (Å²) in [4.78, 5) is 13.1. The average Bonchev–Trinajstić information content (AvgIpc) is 2.61. The lowest BCUT2D eigenvalue weighted by Gasteiger charge is -2.31. The number of ether oxygens (including phenoxy) is 1. The van der Waals surface area contributed by atoms with Crippen LogP contribution in [0.5, 0.6) is 5.75 Å². The fourth-order valence-corrected chi connectivity index (χ4v) is 4.33. The minimum atomic E-state index is -3.80. The molecule has 0 saturated heterocycles. The highest BCUT2D eigenvalue weighted by molar-refractivity contribution is 7.92. The zero-order valence-corrected chi connectivity index (χ0v) is 18.2. The van der Waals surface area contributed by atoms with Gasteiger partial charge in [0.15, 0.2) is 0 Å². The maximum atomic E-state index is 13.1. The lowest BCUT2D eigenvalue weighted by molar-refractivity contribution is -0.117. The summed E-state index contributed by atoms with van der Waals surface area (Å²) in [7, 11) is -2.37. The van der Waals surface area contributed by atoms with E-state index in [0.717, 1.165) is 21.7 Å². The minimum absolute atomic E-state index is 0.223. The molecule has 0 radical (unpaired) electrons. The van der Waals surface area contributed by atoms with Crippen molar-refractivity contribution < 1.29 is 17.9 Å². The van der Waals surface area contributed by atoms with E-state index in [1.54, 1.807) is 19.1 Å². The quantitative estimate of drug-likeness (QED) is 0.724. The van der Waals surface area contributed by atoms with E-state index < -0.39 is 22.0 Å². The summed E-state index contributed by atoms with van der Waals surface area (Å²) in [5.41, 5.74) is 2.75. The number of hydrogen-bond acceptors (Lipinski definition) is 4. The Morgan fingerprint density at radius 1 is 1.21 bits per heavy atom. The molecular weight excluding hydrogens is 400 g/mol. The van der Waals surface area contributed by atoms with Gasteiger partial charge in [-0.2, -0.15) is 0 Å². The number of hydrogen-bond donors (Lipinski definition) is 1. The van der Waals surface area contributed by atoms with Gasteiger partial charge in [-0.15, -0.1) is 0 Å². The van der Waals surface area contributed by atoms with Crippen molar-refractivity contribution in [1.29, 1.82) is 0 Å². The average molecular weight is 425 g/mol. The molecule has 0 fully saturated rings. The van der Waals surface area contributed by atoms with Crippen LogP contribution in [0.3, 0.4) is 0 Å². The highest BCUT2D eigenvalue weighted by atomic mass is 35.5. The van der Waals surface area contributed by atoms with Crippen LogP contribution < -0.4 is 14.4 Å². The number of sulfonamides is 1. The molecule has 28 heavy (non-hydrogen) atoms. The maximum Gasteiger partial charge on any atom is 0.248 e. The number of carbonyl (C=O) groups is 1. The molecule has 0 unspecified atom stereocenters. The van der Waals surface area contributed by atoms with Gasteiger partial charge in [0.25, 0.3) is 0 Å². The Balaban J connectivity index is 2.51. The first kappa shape index (κ1) is 22.0. The topological polar surface area (TPSA) is 75.7 Å². The van der Waals surface area contributed by atoms with E-state index in [4.69, 9.17) is 16.3 Å². The van der Waals surface area contributed by atoms with Gasteiger partial charge in [-0.1, -0.05) is 30.7 Å². The molecule has 2 aromatic carbocycles. The third-order valence-electron chi connectivity index (χ3n) is 4.36. The first-order valence-electron chi connectivity index (χ1n) is 8.79. The number of nitrogens with one attached hydrogen (secondary N) is 1. The van der Waals surface area contributed by atoms with E-state index in [2.05, 4.69) is 5.32 Å². The molecule has 2 rings (SSSR count). The van der Waals surface area contributed by atoms with E-state index in [1.807, 2.05) is 32.0 Å². The molecule has 1 N–H and O–H groups in total. The molecule has 0 aliphatic heterocycles. The first-order valence-corrected chi connectivity index (χ1v) is 11.0. The number of carbonyl (C=O) groups excluding carboxylic acids is 1. The largest absolute Gasteiger partial charge is 0.495 e. The van der Waals surface area contributed by atoms with Gasteiger partial charge in [-0.05, 0) is 55.7 Å². The van der Waals surface area contributed by atoms with Crippen LogP contribution >= 0.6 is 11.6 Å². The monoisotopic (exact) mass is 424 g/mol. The van der Waals surface area contributed by atoms with Gasteiger partial charge in [0, 0.05) is 10.7 Å². The fourth-order valence-electron chi connectivity index (χ4n) is 2.96. The summed E-state index contributed by atoms with van der Waals surface area (Å²) in [6.45, 7) is 5.55. The van der Waals surface area contributed by atoms with Crippen LogP contribution in [0.4, 0.5) is 11.4 Å². The Morgan fingerprint density at radius 3 is 2.46 bits per heavy atom. The molecule has 152 valence electrons. The van der Waals surface area contributed by atoms with Gasteiger partial charge in [0.05, 0.1) is 19.1 Å². The summed E-state index contributed by atoms with van der Waals surface area (Å²) in [6.07, 6.45) is 1.32. The SMILES string of the molecule is CC[C@@H](C(=O)Nc1cc(C)ccc1C)N(c1cc(Cl)ccc1OC)S(C)(=O)=O. The van der Waals surface area contributed by atoms with Crippen LogP contribution in [0.2, 0.25) is 5.02 Å². The van der Waals surface area contributed by atoms with E-state index in [1.165, 1.54) is 13.2 Å². The molecule has 0 aliphatic carbocycles. The molecule has 6 nitrogen and oxygen atoms in total. The Labute approximate surface area is 171 Å². The molecule has 0 heterocycles. The maximum absolute atomic E-state index is 13.1. The van der Waals surface area contributed by atoms with Crippen molar-refractivity contribution in [2.24, 2.45) is 0 Å². The summed E-state index contributed by atoms with van der Waals surface area (Å²) in [5.74, 6) is -0.114. The summed E-state index contributed by atoms with van der Waals surface area (Å²) < 4.78 is 31.6.